The molecule has 1 aliphatic rings. The van der Waals surface area contributed by atoms with E-state index in [-0.39, 0.29) is 17.6 Å². The Morgan fingerprint density at radius 1 is 0.903 bits per heavy atom. The lowest BCUT2D eigenvalue weighted by Gasteiger charge is -2.16. The predicted octanol–water partition coefficient (Wildman–Crippen LogP) is 4.13. The number of amides is 2. The molecule has 7 nitrogen and oxygen atoms in total. The number of rotatable bonds is 6. The number of Topliss-reactive ketones (excluding diaryl/α,β-unsaturated/α-hetero) is 1. The van der Waals surface area contributed by atoms with Gasteiger partial charge in [-0.05, 0) is 26.0 Å². The van der Waals surface area contributed by atoms with Gasteiger partial charge in [0.1, 0.15) is 0 Å². The average Bonchev–Trinajstić information content (AvgIpc) is 3.36. The largest absolute Gasteiger partial charge is 0.289 e. The Labute approximate surface area is 193 Å². The summed E-state index contributed by atoms with van der Waals surface area (Å²) in [5.41, 5.74) is 2.72. The van der Waals surface area contributed by atoms with Crippen molar-refractivity contribution in [2.75, 3.05) is 34.4 Å². The molecule has 1 fully saturated rings. The highest BCUT2D eigenvalue weighted by Gasteiger charge is 2.23. The standard InChI is InChI=1S/C21H24N4O3S3/c1-5-24(13(3)26)20-22-17(11-30-20)7-15-9-29-10-16(19(15)28)8-18-12-31-21(23-18)25(6-2)14(4)27/h7-8,11-12H,5-6,9-10H2,1-4H3/b15-7+,16-8+. The van der Waals surface area contributed by atoms with Crippen molar-refractivity contribution in [3.63, 3.8) is 0 Å². The fourth-order valence-electron chi connectivity index (χ4n) is 3.10. The third-order valence-electron chi connectivity index (χ3n) is 4.62. The number of thioether (sulfide) groups is 1. The Hall–Kier alpha value is -2.30. The molecule has 0 spiro atoms. The van der Waals surface area contributed by atoms with Gasteiger partial charge in [-0.25, -0.2) is 9.97 Å². The van der Waals surface area contributed by atoms with Crippen LogP contribution in [0.4, 0.5) is 10.3 Å². The number of hydrogen-bond acceptors (Lipinski definition) is 8. The number of thiazole rings is 2. The first kappa shape index (κ1) is 23.4. The van der Waals surface area contributed by atoms with Crippen molar-refractivity contribution in [2.24, 2.45) is 0 Å². The van der Waals surface area contributed by atoms with Crippen molar-refractivity contribution in [3.05, 3.63) is 33.3 Å². The Morgan fingerprint density at radius 3 is 1.68 bits per heavy atom. The highest BCUT2D eigenvalue weighted by atomic mass is 32.2. The minimum Gasteiger partial charge on any atom is -0.289 e. The summed E-state index contributed by atoms with van der Waals surface area (Å²) in [6.45, 7) is 7.94. The van der Waals surface area contributed by atoms with E-state index in [1.165, 1.54) is 36.5 Å². The molecule has 0 unspecified atom stereocenters. The van der Waals surface area contributed by atoms with E-state index in [0.29, 0.717) is 57.4 Å². The third kappa shape index (κ3) is 5.50. The summed E-state index contributed by atoms with van der Waals surface area (Å²) in [7, 11) is 0. The summed E-state index contributed by atoms with van der Waals surface area (Å²) in [5.74, 6) is 1.10. The van der Waals surface area contributed by atoms with Crippen LogP contribution in [-0.4, -0.2) is 52.2 Å². The second kappa shape index (κ2) is 10.3. The van der Waals surface area contributed by atoms with Gasteiger partial charge < -0.3 is 0 Å². The van der Waals surface area contributed by atoms with Crippen molar-refractivity contribution in [2.45, 2.75) is 27.7 Å². The van der Waals surface area contributed by atoms with Gasteiger partial charge in [0.25, 0.3) is 0 Å². The first-order chi connectivity index (χ1) is 14.8. The smallest absolute Gasteiger partial charge is 0.225 e. The van der Waals surface area contributed by atoms with Gasteiger partial charge in [-0.15, -0.1) is 22.7 Å². The second-order valence-corrected chi connectivity index (χ2v) is 9.46. The summed E-state index contributed by atoms with van der Waals surface area (Å²) in [4.78, 5) is 48.7. The first-order valence-corrected chi connectivity index (χ1v) is 12.8. The van der Waals surface area contributed by atoms with Gasteiger partial charge in [0.15, 0.2) is 16.0 Å². The lowest BCUT2D eigenvalue weighted by atomic mass is 10.0. The van der Waals surface area contributed by atoms with Crippen molar-refractivity contribution in [1.29, 1.82) is 0 Å². The van der Waals surface area contributed by atoms with E-state index in [1.807, 2.05) is 24.6 Å². The van der Waals surface area contributed by atoms with Gasteiger partial charge in [-0.2, -0.15) is 11.8 Å². The Balaban J connectivity index is 1.80. The molecule has 0 N–H and O–H groups in total. The van der Waals surface area contributed by atoms with Gasteiger partial charge >= 0.3 is 0 Å². The lowest BCUT2D eigenvalue weighted by molar-refractivity contribution is -0.117. The Bertz CT molecular complexity index is 974. The summed E-state index contributed by atoms with van der Waals surface area (Å²) >= 11 is 4.44. The summed E-state index contributed by atoms with van der Waals surface area (Å²) in [6.07, 6.45) is 3.61. The summed E-state index contributed by atoms with van der Waals surface area (Å²) < 4.78 is 0. The molecule has 2 aromatic heterocycles. The van der Waals surface area contributed by atoms with Crippen LogP contribution in [0.3, 0.4) is 0 Å². The number of carbonyl (C=O) groups excluding carboxylic acids is 3. The monoisotopic (exact) mass is 476 g/mol. The van der Waals surface area contributed by atoms with Gasteiger partial charge in [0, 0.05) is 60.3 Å². The number of anilines is 2. The Kier molecular flexibility index (Phi) is 7.79. The normalized spacial score (nSPS) is 16.7. The van der Waals surface area contributed by atoms with E-state index in [4.69, 9.17) is 0 Å². The fourth-order valence-corrected chi connectivity index (χ4v) is 5.85. The van der Waals surface area contributed by atoms with Crippen LogP contribution in [0.15, 0.2) is 21.9 Å². The molecule has 0 radical (unpaired) electrons. The molecule has 164 valence electrons. The van der Waals surface area contributed by atoms with Gasteiger partial charge in [0.05, 0.1) is 11.4 Å². The molecule has 0 aromatic carbocycles. The summed E-state index contributed by atoms with van der Waals surface area (Å²) in [6, 6.07) is 0. The average molecular weight is 477 g/mol. The van der Waals surface area contributed by atoms with Crippen molar-refractivity contribution in [1.82, 2.24) is 9.97 Å². The second-order valence-electron chi connectivity index (χ2n) is 6.80. The molecular formula is C21H24N4O3S3. The SMILES string of the molecule is CCN(C(C)=O)c1nc(/C=C2\CSC/C(=C\c3csc(N(CC)C(C)=O)n3)C2=O)cs1. The van der Waals surface area contributed by atoms with Crippen molar-refractivity contribution < 1.29 is 14.4 Å². The van der Waals surface area contributed by atoms with E-state index >= 15 is 0 Å². The van der Waals surface area contributed by atoms with Crippen LogP contribution in [0.1, 0.15) is 39.1 Å². The zero-order valence-electron chi connectivity index (χ0n) is 17.9. The van der Waals surface area contributed by atoms with Crippen LogP contribution in [-0.2, 0) is 14.4 Å². The maximum absolute atomic E-state index is 13.0. The quantitative estimate of drug-likeness (QED) is 0.583. The van der Waals surface area contributed by atoms with E-state index in [2.05, 4.69) is 9.97 Å². The molecule has 0 atom stereocenters. The van der Waals surface area contributed by atoms with Gasteiger partial charge in [0.2, 0.25) is 11.8 Å². The van der Waals surface area contributed by atoms with E-state index in [1.54, 1.807) is 33.7 Å². The summed E-state index contributed by atoms with van der Waals surface area (Å²) in [5, 5.41) is 4.99. The molecule has 0 bridgehead atoms. The third-order valence-corrected chi connectivity index (χ3v) is 7.41. The van der Waals surface area contributed by atoms with E-state index in [9.17, 15) is 14.4 Å². The molecule has 0 aliphatic carbocycles. The van der Waals surface area contributed by atoms with Crippen LogP contribution >= 0.6 is 34.4 Å². The van der Waals surface area contributed by atoms with E-state index < -0.39 is 0 Å². The molecule has 1 saturated heterocycles. The molecule has 2 aromatic rings. The first-order valence-electron chi connectivity index (χ1n) is 9.84. The lowest BCUT2D eigenvalue weighted by Crippen LogP contribution is -2.27. The molecule has 3 rings (SSSR count). The maximum Gasteiger partial charge on any atom is 0.225 e. The van der Waals surface area contributed by atoms with E-state index in [0.717, 1.165) is 0 Å². The van der Waals surface area contributed by atoms with Gasteiger partial charge in [-0.1, -0.05) is 0 Å². The van der Waals surface area contributed by atoms with Crippen LogP contribution in [0.25, 0.3) is 12.2 Å². The van der Waals surface area contributed by atoms with Gasteiger partial charge in [-0.3, -0.25) is 24.2 Å². The molecule has 1 aliphatic heterocycles. The highest BCUT2D eigenvalue weighted by Crippen LogP contribution is 2.29. The zero-order chi connectivity index (χ0) is 22.5. The number of nitrogens with zero attached hydrogens (tertiary/aromatic N) is 4. The minimum absolute atomic E-state index is 0.0133. The van der Waals surface area contributed by atoms with Crippen LogP contribution in [0.2, 0.25) is 0 Å². The fraction of sp³-hybridized carbons (Fsp3) is 0.381. The molecule has 0 saturated carbocycles. The number of carbonyl (C=O) groups is 3. The Morgan fingerprint density at radius 2 is 1.32 bits per heavy atom. The number of ketones is 1. The van der Waals surface area contributed by atoms with Crippen LogP contribution in [0.5, 0.6) is 0 Å². The molecule has 10 heteroatoms. The number of hydrogen-bond donors (Lipinski definition) is 0. The maximum atomic E-state index is 13.0. The van der Waals surface area contributed by atoms with Crippen molar-refractivity contribution >= 4 is 74.4 Å². The highest BCUT2D eigenvalue weighted by molar-refractivity contribution is 7.99. The molecule has 3 heterocycles. The van der Waals surface area contributed by atoms with Crippen molar-refractivity contribution in [3.8, 4) is 0 Å². The molecular weight excluding hydrogens is 452 g/mol. The van der Waals surface area contributed by atoms with Crippen LogP contribution < -0.4 is 9.80 Å². The zero-order valence-corrected chi connectivity index (χ0v) is 20.3. The van der Waals surface area contributed by atoms with Crippen LogP contribution in [0, 0.1) is 0 Å². The number of aromatic nitrogens is 2. The predicted molar refractivity (Wildman–Crippen MR) is 130 cm³/mol. The minimum atomic E-state index is -0.0559. The molecule has 2 amide bonds. The topological polar surface area (TPSA) is 83.5 Å². The molecule has 31 heavy (non-hydrogen) atoms.